The van der Waals surface area contributed by atoms with E-state index in [2.05, 4.69) is 26.8 Å². The van der Waals surface area contributed by atoms with Crippen LogP contribution in [0.15, 0.2) is 11.6 Å². The van der Waals surface area contributed by atoms with E-state index in [1.54, 1.807) is 0 Å². The third kappa shape index (κ3) is 15.6. The van der Waals surface area contributed by atoms with Gasteiger partial charge in [0.2, 0.25) is 0 Å². The van der Waals surface area contributed by atoms with Crippen LogP contribution in [0.25, 0.3) is 0 Å². The van der Waals surface area contributed by atoms with E-state index in [-0.39, 0.29) is 0 Å². The van der Waals surface area contributed by atoms with Crippen LogP contribution >= 0.6 is 0 Å². The summed E-state index contributed by atoms with van der Waals surface area (Å²) in [5.41, 5.74) is 1.44. The Balaban J connectivity index is 0. The second kappa shape index (κ2) is 11.5. The SMILES string of the molecule is CC.CCCCC=C(C)C. The third-order valence-electron chi connectivity index (χ3n) is 1.11. The Morgan fingerprint density at radius 3 is 2.00 bits per heavy atom. The van der Waals surface area contributed by atoms with E-state index in [1.807, 2.05) is 13.8 Å². The molecule has 0 saturated carbocycles. The highest BCUT2D eigenvalue weighted by molar-refractivity contribution is 4.92. The number of unbranched alkanes of at least 4 members (excludes halogenated alkanes) is 2. The van der Waals surface area contributed by atoms with E-state index in [4.69, 9.17) is 0 Å². The molecule has 0 aromatic carbocycles. The molecule has 0 nitrogen and oxygen atoms in total. The molecule has 0 heteroatoms. The molecule has 0 aliphatic carbocycles. The zero-order valence-electron chi connectivity index (χ0n) is 8.20. The molecule has 0 amide bonds. The van der Waals surface area contributed by atoms with Gasteiger partial charge >= 0.3 is 0 Å². The van der Waals surface area contributed by atoms with Gasteiger partial charge in [-0.3, -0.25) is 0 Å². The molecule has 0 aliphatic heterocycles. The van der Waals surface area contributed by atoms with Crippen molar-refractivity contribution in [1.29, 1.82) is 0 Å². The van der Waals surface area contributed by atoms with Crippen molar-refractivity contribution in [2.24, 2.45) is 0 Å². The second-order valence-corrected chi connectivity index (χ2v) is 2.42. The molecular formula is C10H22. The first-order chi connectivity index (χ1) is 4.77. The lowest BCUT2D eigenvalue weighted by atomic mass is 10.2. The van der Waals surface area contributed by atoms with Gasteiger partial charge in [0, 0.05) is 0 Å². The molecule has 0 atom stereocenters. The number of rotatable bonds is 3. The summed E-state index contributed by atoms with van der Waals surface area (Å²) >= 11 is 0. The maximum Gasteiger partial charge on any atom is -0.0348 e. The predicted octanol–water partition coefficient (Wildman–Crippen LogP) is 4.17. The number of hydrogen-bond donors (Lipinski definition) is 0. The molecule has 0 aliphatic rings. The molecule has 0 aromatic heterocycles. The first-order valence-electron chi connectivity index (χ1n) is 4.40. The minimum absolute atomic E-state index is 1.26. The van der Waals surface area contributed by atoms with Crippen LogP contribution in [0, 0.1) is 0 Å². The molecule has 0 radical (unpaired) electrons. The van der Waals surface area contributed by atoms with Gasteiger partial charge in [-0.2, -0.15) is 0 Å². The van der Waals surface area contributed by atoms with Gasteiger partial charge < -0.3 is 0 Å². The molecule has 0 unspecified atom stereocenters. The number of hydrogen-bond acceptors (Lipinski definition) is 0. The van der Waals surface area contributed by atoms with E-state index in [0.717, 1.165) is 0 Å². The highest BCUT2D eigenvalue weighted by atomic mass is 13.8. The minimum Gasteiger partial charge on any atom is -0.0859 e. The van der Waals surface area contributed by atoms with Crippen molar-refractivity contribution in [1.82, 2.24) is 0 Å². The summed E-state index contributed by atoms with van der Waals surface area (Å²) < 4.78 is 0. The van der Waals surface area contributed by atoms with Gasteiger partial charge in [0.25, 0.3) is 0 Å². The van der Waals surface area contributed by atoms with Crippen molar-refractivity contribution < 1.29 is 0 Å². The topological polar surface area (TPSA) is 0 Å². The van der Waals surface area contributed by atoms with Crippen LogP contribution in [0.2, 0.25) is 0 Å². The molecule has 0 saturated heterocycles. The van der Waals surface area contributed by atoms with Crippen molar-refractivity contribution in [2.75, 3.05) is 0 Å². The second-order valence-electron chi connectivity index (χ2n) is 2.42. The largest absolute Gasteiger partial charge is 0.0859 e. The smallest absolute Gasteiger partial charge is 0.0348 e. The van der Waals surface area contributed by atoms with Crippen molar-refractivity contribution in [3.8, 4) is 0 Å². The Kier molecular flexibility index (Phi) is 14.3. The molecule has 0 aromatic rings. The minimum atomic E-state index is 1.26. The van der Waals surface area contributed by atoms with Crippen LogP contribution in [0.1, 0.15) is 53.9 Å². The van der Waals surface area contributed by atoms with E-state index < -0.39 is 0 Å². The van der Waals surface area contributed by atoms with Crippen LogP contribution in [0.4, 0.5) is 0 Å². The molecule has 0 heterocycles. The zero-order chi connectivity index (χ0) is 8.41. The summed E-state index contributed by atoms with van der Waals surface area (Å²) in [5, 5.41) is 0. The predicted molar refractivity (Wildman–Crippen MR) is 50.3 cm³/mol. The van der Waals surface area contributed by atoms with Gasteiger partial charge in [-0.15, -0.1) is 0 Å². The third-order valence-corrected chi connectivity index (χ3v) is 1.11. The fraction of sp³-hybridized carbons (Fsp3) is 0.800. The fourth-order valence-electron chi connectivity index (χ4n) is 0.595. The van der Waals surface area contributed by atoms with E-state index >= 15 is 0 Å². The van der Waals surface area contributed by atoms with Gasteiger partial charge in [-0.25, -0.2) is 0 Å². The summed E-state index contributed by atoms with van der Waals surface area (Å²) in [6.45, 7) is 10.5. The molecule has 0 bridgehead atoms. The average molecular weight is 142 g/mol. The van der Waals surface area contributed by atoms with Crippen LogP contribution in [0.3, 0.4) is 0 Å². The standard InChI is InChI=1S/C8H16.C2H6/c1-4-5-6-7-8(2)3;1-2/h7H,4-6H2,1-3H3;1-2H3. The van der Waals surface area contributed by atoms with E-state index in [9.17, 15) is 0 Å². The van der Waals surface area contributed by atoms with Gasteiger partial charge in [0.05, 0.1) is 0 Å². The van der Waals surface area contributed by atoms with Gasteiger partial charge in [0.1, 0.15) is 0 Å². The lowest BCUT2D eigenvalue weighted by Crippen LogP contribution is -1.68. The fourth-order valence-corrected chi connectivity index (χ4v) is 0.595. The molecule has 0 rings (SSSR count). The summed E-state index contributed by atoms with van der Waals surface area (Å²) in [6, 6.07) is 0. The van der Waals surface area contributed by atoms with Gasteiger partial charge in [-0.1, -0.05) is 45.3 Å². The van der Waals surface area contributed by atoms with Crippen LogP contribution in [-0.4, -0.2) is 0 Å². The summed E-state index contributed by atoms with van der Waals surface area (Å²) in [4.78, 5) is 0. The van der Waals surface area contributed by atoms with Crippen LogP contribution in [0.5, 0.6) is 0 Å². The summed E-state index contributed by atoms with van der Waals surface area (Å²) in [7, 11) is 0. The van der Waals surface area contributed by atoms with Crippen LogP contribution < -0.4 is 0 Å². The van der Waals surface area contributed by atoms with Crippen molar-refractivity contribution >= 4 is 0 Å². The van der Waals surface area contributed by atoms with Crippen molar-refractivity contribution in [2.45, 2.75) is 53.9 Å². The normalized spacial score (nSPS) is 7.70. The quantitative estimate of drug-likeness (QED) is 0.410. The summed E-state index contributed by atoms with van der Waals surface area (Å²) in [6.07, 6.45) is 6.21. The Morgan fingerprint density at radius 2 is 1.70 bits per heavy atom. The van der Waals surface area contributed by atoms with Gasteiger partial charge in [0.15, 0.2) is 0 Å². The highest BCUT2D eigenvalue weighted by Crippen LogP contribution is 1.98. The molecule has 0 fully saturated rings. The average Bonchev–Trinajstić information content (AvgIpc) is 1.92. The molecular weight excluding hydrogens is 120 g/mol. The first-order valence-corrected chi connectivity index (χ1v) is 4.40. The first kappa shape index (κ1) is 12.4. The molecule has 0 N–H and O–H groups in total. The lowest BCUT2D eigenvalue weighted by molar-refractivity contribution is 0.811. The van der Waals surface area contributed by atoms with E-state index in [1.165, 1.54) is 24.8 Å². The van der Waals surface area contributed by atoms with Crippen molar-refractivity contribution in [3.63, 3.8) is 0 Å². The Labute approximate surface area is 66.3 Å². The molecule has 0 spiro atoms. The Bertz CT molecular complexity index is 66.1. The lowest BCUT2D eigenvalue weighted by Gasteiger charge is -1.89. The number of allylic oxidation sites excluding steroid dienone is 2. The Hall–Kier alpha value is -0.260. The zero-order valence-corrected chi connectivity index (χ0v) is 8.20. The molecule has 10 heavy (non-hydrogen) atoms. The Morgan fingerprint density at radius 1 is 1.20 bits per heavy atom. The maximum atomic E-state index is 2.30. The highest BCUT2D eigenvalue weighted by Gasteiger charge is 1.77. The maximum absolute atomic E-state index is 2.30. The summed E-state index contributed by atoms with van der Waals surface area (Å²) in [5.74, 6) is 0. The van der Waals surface area contributed by atoms with E-state index in [0.29, 0.717) is 0 Å². The monoisotopic (exact) mass is 142 g/mol. The van der Waals surface area contributed by atoms with Crippen LogP contribution in [-0.2, 0) is 0 Å². The van der Waals surface area contributed by atoms with Crippen molar-refractivity contribution in [3.05, 3.63) is 11.6 Å². The molecule has 62 valence electrons. The van der Waals surface area contributed by atoms with Gasteiger partial charge in [-0.05, 0) is 20.3 Å².